The van der Waals surface area contributed by atoms with Gasteiger partial charge in [-0.25, -0.2) is 13.2 Å². The van der Waals surface area contributed by atoms with Crippen LogP contribution in [0.5, 0.6) is 5.75 Å². The molecule has 2 bridgehead atoms. The SMILES string of the molecule is CC[C@H](C)[C@@H]1NC(=O)C(Cc2ccc(O)c(Cl)c2)N(C)C(=O)[C@H]([C@@H](C)CC)N2C(=O)[C@H](CC[C@H]2O)NC(=O)[C@H](CCCN=C(N)N)NC(=O)[C@@H](NC(=O)[C@H](COS(=O)(=O)O)OS(=O)(=O)O)[C@@H](C)OC1=O. The molecule has 2 saturated heterocycles. The first kappa shape index (κ1) is 58.9. The molecule has 27 nitrogen and oxygen atoms in total. The summed E-state index contributed by atoms with van der Waals surface area (Å²) in [6.45, 7) is 5.89. The molecule has 11 atom stereocenters. The maximum atomic E-state index is 14.9. The number of hydrogen-bond acceptors (Lipinski definition) is 17. The molecule has 70 heavy (non-hydrogen) atoms. The van der Waals surface area contributed by atoms with Gasteiger partial charge < -0.3 is 57.5 Å². The highest BCUT2D eigenvalue weighted by molar-refractivity contribution is 7.81. The number of nitrogens with one attached hydrogen (secondary N) is 4. The number of nitrogens with zero attached hydrogens (tertiary/aromatic N) is 3. The Labute approximate surface area is 409 Å². The molecule has 3 rings (SSSR count). The van der Waals surface area contributed by atoms with Crippen LogP contribution in [0, 0.1) is 11.8 Å². The lowest BCUT2D eigenvalue weighted by Crippen LogP contribution is -2.66. The van der Waals surface area contributed by atoms with Crippen molar-refractivity contribution in [2.24, 2.45) is 28.3 Å². The maximum Gasteiger partial charge on any atom is 0.398 e. The number of nitrogens with two attached hydrogens (primary N) is 2. The topological polar surface area (TPSA) is 415 Å². The molecule has 30 heteroatoms. The number of aliphatic hydroxyl groups excluding tert-OH is 1. The van der Waals surface area contributed by atoms with Crippen molar-refractivity contribution in [3.8, 4) is 5.75 Å². The van der Waals surface area contributed by atoms with Gasteiger partial charge in [0.1, 0.15) is 60.9 Å². The number of guanidine groups is 1. The number of hydrogen-bond donors (Lipinski definition) is 10. The van der Waals surface area contributed by atoms with Gasteiger partial charge in [0.15, 0.2) is 12.1 Å². The van der Waals surface area contributed by atoms with Crippen molar-refractivity contribution < 1.29 is 82.8 Å². The molecule has 1 unspecified atom stereocenters. The minimum Gasteiger partial charge on any atom is -0.506 e. The minimum atomic E-state index is -5.60. The maximum absolute atomic E-state index is 14.9. The zero-order valence-corrected chi connectivity index (χ0v) is 41.5. The second-order valence-electron chi connectivity index (χ2n) is 16.9. The van der Waals surface area contributed by atoms with E-state index in [1.165, 1.54) is 25.2 Å². The molecule has 0 saturated carbocycles. The van der Waals surface area contributed by atoms with Crippen LogP contribution in [-0.4, -0.2) is 168 Å². The van der Waals surface area contributed by atoms with E-state index in [9.17, 15) is 65.2 Å². The summed E-state index contributed by atoms with van der Waals surface area (Å²) in [7, 11) is -9.72. The normalized spacial score (nSPS) is 26.0. The van der Waals surface area contributed by atoms with Crippen LogP contribution >= 0.6 is 11.6 Å². The number of likely N-dealkylation sites (N-methyl/N-ethyl adjacent to an activating group) is 1. The minimum absolute atomic E-state index is 0.0245. The number of aliphatic imine (C=N–C) groups is 1. The molecule has 394 valence electrons. The summed E-state index contributed by atoms with van der Waals surface area (Å²) in [6, 6.07) is -5.83. The zero-order chi connectivity index (χ0) is 53.0. The number of cyclic esters (lactones) is 1. The van der Waals surface area contributed by atoms with Gasteiger partial charge in [-0.1, -0.05) is 58.2 Å². The third-order valence-electron chi connectivity index (χ3n) is 11.8. The van der Waals surface area contributed by atoms with E-state index in [2.05, 4.69) is 29.3 Å². The van der Waals surface area contributed by atoms with Gasteiger partial charge in [-0.05, 0) is 62.1 Å². The Bertz CT molecular complexity index is 2340. The number of aliphatic hydroxyl groups is 1. The number of phenolic OH excluding ortho intramolecular Hbond substituents is 1. The van der Waals surface area contributed by atoms with Crippen LogP contribution < -0.4 is 32.7 Å². The highest BCUT2D eigenvalue weighted by Gasteiger charge is 2.47. The number of halogens is 1. The van der Waals surface area contributed by atoms with Crippen LogP contribution in [0.4, 0.5) is 0 Å². The zero-order valence-electron chi connectivity index (χ0n) is 39.1. The first-order valence-corrected chi connectivity index (χ1v) is 25.1. The molecule has 0 radical (unpaired) electrons. The first-order chi connectivity index (χ1) is 32.5. The number of phenols is 1. The Kier molecular flexibility index (Phi) is 21.5. The summed E-state index contributed by atoms with van der Waals surface area (Å²) in [5.41, 5.74) is 11.2. The Balaban J connectivity index is 2.31. The van der Waals surface area contributed by atoms with E-state index in [4.69, 9.17) is 32.4 Å². The highest BCUT2D eigenvalue weighted by Crippen LogP contribution is 2.29. The summed E-state index contributed by atoms with van der Waals surface area (Å²) < 4.78 is 78.6. The Hall–Kier alpha value is -5.43. The van der Waals surface area contributed by atoms with E-state index in [1.54, 1.807) is 27.7 Å². The number of fused-ring (bicyclic) bond motifs is 2. The van der Waals surface area contributed by atoms with Crippen molar-refractivity contribution in [1.82, 2.24) is 31.1 Å². The van der Waals surface area contributed by atoms with Crippen molar-refractivity contribution >= 4 is 79.8 Å². The average Bonchev–Trinajstić information content (AvgIpc) is 3.27. The first-order valence-electron chi connectivity index (χ1n) is 22.0. The van der Waals surface area contributed by atoms with E-state index in [0.29, 0.717) is 5.56 Å². The predicted octanol–water partition coefficient (Wildman–Crippen LogP) is -2.24. The standard InChI is InChI=1S/C40H62ClN9O18S2/c1-7-19(3)30-39(59)67-21(5)31(48-35(55)28(68-70(63,64)65)18-66-69(60,61)62)36(56)45-24(10-9-15-44-40(42)43)33(53)46-25-12-14-29(52)50(37(25)57)32(20(4)8-2)38(58)49(6)26(34(54)47-30)17-22-11-13-27(51)23(41)16-22/h11,13,16,19-21,24-26,28-32,51-52H,7-10,12,14-15,17-18H2,1-6H3,(H,45,56)(H,46,53)(H,47,54)(H,48,55)(H4,42,43,44)(H,60,61,62)(H,63,64,65)/t19-,20-,21+,24-,25-,26?,28-,29+,30-,31-,32-/m0/s1. The number of piperidine rings is 1. The molecule has 6 amide bonds. The second kappa shape index (κ2) is 25.6. The Morgan fingerprint density at radius 2 is 1.60 bits per heavy atom. The van der Waals surface area contributed by atoms with Crippen LogP contribution in [0.1, 0.15) is 78.7 Å². The average molecular weight is 1060 g/mol. The summed E-state index contributed by atoms with van der Waals surface area (Å²) >= 11 is 6.21. The molecule has 2 fully saturated rings. The van der Waals surface area contributed by atoms with E-state index in [0.717, 1.165) is 16.7 Å². The number of rotatable bonds is 17. The number of benzene rings is 1. The lowest BCUT2D eigenvalue weighted by atomic mass is 9.91. The van der Waals surface area contributed by atoms with Gasteiger partial charge in [0.25, 0.3) is 5.91 Å². The molecule has 1 aromatic carbocycles. The van der Waals surface area contributed by atoms with Crippen molar-refractivity contribution in [3.05, 3.63) is 28.8 Å². The number of amides is 6. The van der Waals surface area contributed by atoms with Gasteiger partial charge in [0, 0.05) is 20.0 Å². The van der Waals surface area contributed by atoms with Crippen LogP contribution in [0.2, 0.25) is 5.02 Å². The van der Waals surface area contributed by atoms with E-state index in [-0.39, 0.29) is 68.2 Å². The number of ether oxygens (including phenoxy) is 1. The molecule has 1 aromatic rings. The van der Waals surface area contributed by atoms with Crippen LogP contribution in [-0.2, 0) is 73.9 Å². The van der Waals surface area contributed by atoms with Crippen molar-refractivity contribution in [1.29, 1.82) is 0 Å². The molecular weight excluding hydrogens is 994 g/mol. The van der Waals surface area contributed by atoms with Gasteiger partial charge in [0.2, 0.25) is 29.5 Å². The van der Waals surface area contributed by atoms with Crippen LogP contribution in [0.3, 0.4) is 0 Å². The van der Waals surface area contributed by atoms with Gasteiger partial charge in [0.05, 0.1) is 5.02 Å². The fraction of sp³-hybridized carbons (Fsp3) is 0.650. The lowest BCUT2D eigenvalue weighted by molar-refractivity contribution is -0.168. The number of carbonyl (C=O) groups is 7. The largest absolute Gasteiger partial charge is 0.506 e. The molecule has 2 heterocycles. The van der Waals surface area contributed by atoms with Gasteiger partial charge in [-0.2, -0.15) is 16.8 Å². The van der Waals surface area contributed by atoms with Crippen molar-refractivity contribution in [2.75, 3.05) is 20.2 Å². The fourth-order valence-corrected chi connectivity index (χ4v) is 8.46. The van der Waals surface area contributed by atoms with E-state index < -0.39 is 135 Å². The van der Waals surface area contributed by atoms with E-state index >= 15 is 0 Å². The fourth-order valence-electron chi connectivity index (χ4n) is 7.52. The monoisotopic (exact) mass is 1060 g/mol. The Morgan fingerprint density at radius 1 is 0.957 bits per heavy atom. The van der Waals surface area contributed by atoms with Crippen LogP contribution in [0.15, 0.2) is 23.2 Å². The van der Waals surface area contributed by atoms with Crippen molar-refractivity contribution in [2.45, 2.75) is 134 Å². The second-order valence-corrected chi connectivity index (χ2v) is 19.4. The number of esters is 1. The van der Waals surface area contributed by atoms with E-state index in [1.807, 2.05) is 5.32 Å². The molecule has 12 N–H and O–H groups in total. The molecule has 0 aliphatic carbocycles. The third-order valence-corrected chi connectivity index (χ3v) is 13.0. The predicted molar refractivity (Wildman–Crippen MR) is 245 cm³/mol. The van der Waals surface area contributed by atoms with Gasteiger partial charge in [-0.15, -0.1) is 0 Å². The molecular formula is C40H62ClN9O18S2. The Morgan fingerprint density at radius 3 is 2.17 bits per heavy atom. The van der Waals surface area contributed by atoms with Crippen molar-refractivity contribution in [3.63, 3.8) is 0 Å². The molecule has 2 aliphatic heterocycles. The van der Waals surface area contributed by atoms with Gasteiger partial charge in [-0.3, -0.25) is 42.9 Å². The number of carbonyl (C=O) groups excluding carboxylic acids is 7. The molecule has 0 spiro atoms. The number of aromatic hydroxyl groups is 1. The summed E-state index contributed by atoms with van der Waals surface area (Å²) in [4.78, 5) is 106. The molecule has 0 aromatic heterocycles. The van der Waals surface area contributed by atoms with Gasteiger partial charge >= 0.3 is 26.8 Å². The highest BCUT2D eigenvalue weighted by atomic mass is 35.5. The summed E-state index contributed by atoms with van der Waals surface area (Å²) in [5, 5.41) is 31.0. The lowest BCUT2D eigenvalue weighted by Gasteiger charge is -2.44. The van der Waals surface area contributed by atoms with Crippen LogP contribution in [0.25, 0.3) is 0 Å². The summed E-state index contributed by atoms with van der Waals surface area (Å²) in [5.74, 6) is -10.1. The quantitative estimate of drug-likeness (QED) is 0.0259. The molecule has 2 aliphatic rings. The third kappa shape index (κ3) is 16.9. The smallest absolute Gasteiger partial charge is 0.398 e. The summed E-state index contributed by atoms with van der Waals surface area (Å²) in [6.07, 6.45) is -6.60.